The van der Waals surface area contributed by atoms with E-state index >= 15 is 0 Å². The van der Waals surface area contributed by atoms with Crippen molar-refractivity contribution in [2.75, 3.05) is 24.6 Å². The van der Waals surface area contributed by atoms with Gasteiger partial charge in [-0.1, -0.05) is 30.3 Å². The molecule has 1 N–H and O–H groups in total. The van der Waals surface area contributed by atoms with Crippen LogP contribution in [0.2, 0.25) is 0 Å². The molecule has 0 spiro atoms. The third kappa shape index (κ3) is 4.79. The number of hydrogen-bond acceptors (Lipinski definition) is 5. The predicted molar refractivity (Wildman–Crippen MR) is 96.4 cm³/mol. The van der Waals surface area contributed by atoms with Crippen LogP contribution in [0.5, 0.6) is 0 Å². The number of aromatic nitrogens is 1. The summed E-state index contributed by atoms with van der Waals surface area (Å²) in [5.74, 6) is 1.14. The van der Waals surface area contributed by atoms with Gasteiger partial charge in [-0.3, -0.25) is 0 Å². The number of nitrogens with zero attached hydrogens (tertiary/aromatic N) is 2. The van der Waals surface area contributed by atoms with Crippen LogP contribution in [0.25, 0.3) is 0 Å². The lowest BCUT2D eigenvalue weighted by molar-refractivity contribution is 0.0472. The smallest absolute Gasteiger partial charge is 0.340 e. The zero-order valence-electron chi connectivity index (χ0n) is 14.3. The number of esters is 1. The van der Waals surface area contributed by atoms with Gasteiger partial charge in [0.25, 0.3) is 0 Å². The highest BCUT2D eigenvalue weighted by Crippen LogP contribution is 2.23. The number of rotatable bonds is 6. The fourth-order valence-corrected chi connectivity index (χ4v) is 3.13. The monoisotopic (exact) mass is 340 g/mol. The number of ether oxygens (including phenoxy) is 1. The summed E-state index contributed by atoms with van der Waals surface area (Å²) in [7, 11) is 0. The summed E-state index contributed by atoms with van der Waals surface area (Å²) in [6.45, 7) is 2.41. The Hall–Kier alpha value is -2.40. The maximum atomic E-state index is 12.1. The first-order valence-corrected chi connectivity index (χ1v) is 8.79. The van der Waals surface area contributed by atoms with E-state index < -0.39 is 0 Å². The number of hydrogen-bond donors (Lipinski definition) is 1. The second kappa shape index (κ2) is 8.62. The molecule has 132 valence electrons. The number of piperidine rings is 1. The van der Waals surface area contributed by atoms with Gasteiger partial charge in [0.15, 0.2) is 0 Å². The molecule has 0 amide bonds. The van der Waals surface area contributed by atoms with Crippen molar-refractivity contribution in [3.63, 3.8) is 0 Å². The van der Waals surface area contributed by atoms with Crippen molar-refractivity contribution in [3.8, 4) is 0 Å². The van der Waals surface area contributed by atoms with Gasteiger partial charge in [-0.05, 0) is 42.9 Å². The van der Waals surface area contributed by atoms with E-state index in [1.807, 2.05) is 36.4 Å². The second-order valence-electron chi connectivity index (χ2n) is 6.41. The van der Waals surface area contributed by atoms with Crippen LogP contribution in [-0.4, -0.2) is 35.8 Å². The van der Waals surface area contributed by atoms with Gasteiger partial charge >= 0.3 is 5.97 Å². The highest BCUT2D eigenvalue weighted by atomic mass is 16.5. The molecule has 5 nitrogen and oxygen atoms in total. The summed E-state index contributed by atoms with van der Waals surface area (Å²) >= 11 is 0. The summed E-state index contributed by atoms with van der Waals surface area (Å²) in [6.07, 6.45) is 4.61. The standard InChI is InChI=1S/C20H24N2O3/c23-13-10-16-8-11-22(12-9-16)19-7-6-18(14-21-19)20(24)25-15-17-4-2-1-3-5-17/h1-7,14,16,23H,8-13,15H2. The Morgan fingerprint density at radius 2 is 1.92 bits per heavy atom. The summed E-state index contributed by atoms with van der Waals surface area (Å²) in [5, 5.41) is 9.03. The minimum Gasteiger partial charge on any atom is -0.457 e. The van der Waals surface area contributed by atoms with E-state index in [4.69, 9.17) is 9.84 Å². The van der Waals surface area contributed by atoms with E-state index in [0.717, 1.165) is 43.7 Å². The van der Waals surface area contributed by atoms with Crippen LogP contribution in [0.3, 0.4) is 0 Å². The van der Waals surface area contributed by atoms with Gasteiger partial charge in [0.05, 0.1) is 5.56 Å². The number of aliphatic hydroxyl groups excluding tert-OH is 1. The van der Waals surface area contributed by atoms with E-state index in [1.165, 1.54) is 0 Å². The Labute approximate surface area is 148 Å². The summed E-state index contributed by atoms with van der Waals surface area (Å²) in [4.78, 5) is 18.8. The van der Waals surface area contributed by atoms with Crippen molar-refractivity contribution in [3.05, 3.63) is 59.8 Å². The molecule has 0 saturated carbocycles. The zero-order chi connectivity index (χ0) is 17.5. The van der Waals surface area contributed by atoms with Crippen LogP contribution < -0.4 is 4.90 Å². The van der Waals surface area contributed by atoms with Crippen LogP contribution in [0.4, 0.5) is 5.82 Å². The molecule has 1 aliphatic heterocycles. The van der Waals surface area contributed by atoms with Gasteiger partial charge in [0.1, 0.15) is 12.4 Å². The third-order valence-electron chi connectivity index (χ3n) is 4.67. The highest BCUT2D eigenvalue weighted by molar-refractivity contribution is 5.89. The minimum atomic E-state index is -0.357. The average molecular weight is 340 g/mol. The van der Waals surface area contributed by atoms with Gasteiger partial charge < -0.3 is 14.7 Å². The number of carbonyl (C=O) groups is 1. The highest BCUT2D eigenvalue weighted by Gasteiger charge is 2.20. The number of aliphatic hydroxyl groups is 1. The average Bonchev–Trinajstić information content (AvgIpc) is 2.68. The van der Waals surface area contributed by atoms with Crippen molar-refractivity contribution in [2.24, 2.45) is 5.92 Å². The number of carbonyl (C=O) groups excluding carboxylic acids is 1. The van der Waals surface area contributed by atoms with Crippen LogP contribution >= 0.6 is 0 Å². The molecule has 1 aromatic carbocycles. The number of benzene rings is 1. The Morgan fingerprint density at radius 1 is 1.16 bits per heavy atom. The second-order valence-corrected chi connectivity index (χ2v) is 6.41. The molecule has 0 bridgehead atoms. The van der Waals surface area contributed by atoms with Crippen LogP contribution in [0.1, 0.15) is 35.2 Å². The quantitative estimate of drug-likeness (QED) is 0.819. The molecule has 2 heterocycles. The van der Waals surface area contributed by atoms with Gasteiger partial charge in [0, 0.05) is 25.9 Å². The molecule has 1 aromatic heterocycles. The summed E-state index contributed by atoms with van der Waals surface area (Å²) < 4.78 is 5.32. The SMILES string of the molecule is O=C(OCc1ccccc1)c1ccc(N2CCC(CCO)CC2)nc1. The maximum absolute atomic E-state index is 12.1. The maximum Gasteiger partial charge on any atom is 0.340 e. The summed E-state index contributed by atoms with van der Waals surface area (Å²) in [6, 6.07) is 13.3. The lowest BCUT2D eigenvalue weighted by Gasteiger charge is -2.32. The van der Waals surface area contributed by atoms with Gasteiger partial charge in [-0.25, -0.2) is 9.78 Å². The minimum absolute atomic E-state index is 0.264. The molecule has 0 atom stereocenters. The van der Waals surface area contributed by atoms with Gasteiger partial charge in [-0.15, -0.1) is 0 Å². The summed E-state index contributed by atoms with van der Waals surface area (Å²) in [5.41, 5.74) is 1.43. The fourth-order valence-electron chi connectivity index (χ4n) is 3.13. The van der Waals surface area contributed by atoms with Crippen molar-refractivity contribution in [1.82, 2.24) is 4.98 Å². The Balaban J connectivity index is 1.52. The first-order valence-electron chi connectivity index (χ1n) is 8.79. The largest absolute Gasteiger partial charge is 0.457 e. The topological polar surface area (TPSA) is 62.7 Å². The van der Waals surface area contributed by atoms with E-state index in [2.05, 4.69) is 9.88 Å². The van der Waals surface area contributed by atoms with Crippen molar-refractivity contribution in [2.45, 2.75) is 25.9 Å². The number of pyridine rings is 1. The normalized spacial score (nSPS) is 15.2. The van der Waals surface area contributed by atoms with Gasteiger partial charge in [0.2, 0.25) is 0 Å². The predicted octanol–water partition coefficient (Wildman–Crippen LogP) is 3.04. The molecule has 5 heteroatoms. The van der Waals surface area contributed by atoms with Crippen molar-refractivity contribution < 1.29 is 14.6 Å². The van der Waals surface area contributed by atoms with Crippen LogP contribution in [-0.2, 0) is 11.3 Å². The molecule has 3 rings (SSSR count). The molecule has 1 saturated heterocycles. The van der Waals surface area contributed by atoms with Crippen molar-refractivity contribution in [1.29, 1.82) is 0 Å². The van der Waals surface area contributed by atoms with E-state index in [0.29, 0.717) is 11.5 Å². The molecule has 25 heavy (non-hydrogen) atoms. The molecule has 2 aromatic rings. The number of anilines is 1. The first kappa shape index (κ1) is 17.4. The van der Waals surface area contributed by atoms with E-state index in [-0.39, 0.29) is 19.2 Å². The first-order chi connectivity index (χ1) is 12.3. The van der Waals surface area contributed by atoms with Gasteiger partial charge in [-0.2, -0.15) is 0 Å². The molecular weight excluding hydrogens is 316 g/mol. The van der Waals surface area contributed by atoms with Crippen molar-refractivity contribution >= 4 is 11.8 Å². The molecule has 0 unspecified atom stereocenters. The Morgan fingerprint density at radius 3 is 2.56 bits per heavy atom. The molecule has 1 fully saturated rings. The Kier molecular flexibility index (Phi) is 6.01. The van der Waals surface area contributed by atoms with E-state index in [1.54, 1.807) is 12.3 Å². The Bertz CT molecular complexity index is 665. The molecule has 0 radical (unpaired) electrons. The molecular formula is C20H24N2O3. The lowest BCUT2D eigenvalue weighted by atomic mass is 9.94. The van der Waals surface area contributed by atoms with Crippen LogP contribution in [0, 0.1) is 5.92 Å². The fraction of sp³-hybridized carbons (Fsp3) is 0.400. The third-order valence-corrected chi connectivity index (χ3v) is 4.67. The zero-order valence-corrected chi connectivity index (χ0v) is 14.3. The van der Waals surface area contributed by atoms with E-state index in [9.17, 15) is 4.79 Å². The molecule has 0 aliphatic carbocycles. The molecule has 1 aliphatic rings. The van der Waals surface area contributed by atoms with Crippen LogP contribution in [0.15, 0.2) is 48.7 Å². The lowest BCUT2D eigenvalue weighted by Crippen LogP contribution is -2.34.